The Morgan fingerprint density at radius 1 is 1.90 bits per heavy atom. The molecule has 3 N–H and O–H groups in total. The van der Waals surface area contributed by atoms with Crippen LogP contribution in [0.2, 0.25) is 0 Å². The molecule has 1 rings (SSSR count). The van der Waals surface area contributed by atoms with Crippen LogP contribution in [0.3, 0.4) is 0 Å². The number of aryl methyl sites for hydroxylation is 1. The summed E-state index contributed by atoms with van der Waals surface area (Å²) in [7, 11) is 1.78. The molecule has 0 saturated carbocycles. The van der Waals surface area contributed by atoms with E-state index in [4.69, 9.17) is 10.8 Å². The van der Waals surface area contributed by atoms with Gasteiger partial charge in [-0.15, -0.1) is 10.2 Å². The summed E-state index contributed by atoms with van der Waals surface area (Å²) in [5.74, 6) is 0.600. The fourth-order valence-electron chi connectivity index (χ4n) is 0.709. The van der Waals surface area contributed by atoms with Crippen molar-refractivity contribution < 1.29 is 5.11 Å². The molecule has 0 amide bonds. The van der Waals surface area contributed by atoms with E-state index in [0.29, 0.717) is 5.82 Å². The second kappa shape index (κ2) is 2.76. The summed E-state index contributed by atoms with van der Waals surface area (Å²) >= 11 is 0. The van der Waals surface area contributed by atoms with Gasteiger partial charge in [-0.1, -0.05) is 0 Å². The Morgan fingerprint density at radius 2 is 2.60 bits per heavy atom. The van der Waals surface area contributed by atoms with Gasteiger partial charge >= 0.3 is 0 Å². The highest BCUT2D eigenvalue weighted by molar-refractivity contribution is 4.91. The Kier molecular flexibility index (Phi) is 1.98. The number of hydrogen-bond donors (Lipinski definition) is 2. The van der Waals surface area contributed by atoms with E-state index >= 15 is 0 Å². The fourth-order valence-corrected chi connectivity index (χ4v) is 0.709. The van der Waals surface area contributed by atoms with Crippen LogP contribution in [0.15, 0.2) is 6.33 Å². The molecule has 0 aliphatic carbocycles. The van der Waals surface area contributed by atoms with Crippen molar-refractivity contribution in [1.29, 1.82) is 0 Å². The third-order valence-corrected chi connectivity index (χ3v) is 1.27. The van der Waals surface area contributed by atoms with Gasteiger partial charge in [0.15, 0.2) is 5.82 Å². The van der Waals surface area contributed by atoms with Gasteiger partial charge < -0.3 is 15.4 Å². The van der Waals surface area contributed by atoms with Crippen LogP contribution in [0.1, 0.15) is 11.9 Å². The number of hydrogen-bond acceptors (Lipinski definition) is 4. The molecule has 0 spiro atoms. The molecule has 1 aromatic heterocycles. The summed E-state index contributed by atoms with van der Waals surface area (Å²) in [5, 5.41) is 16.0. The maximum atomic E-state index is 8.62. The van der Waals surface area contributed by atoms with E-state index in [-0.39, 0.29) is 6.61 Å². The first kappa shape index (κ1) is 7.17. The summed E-state index contributed by atoms with van der Waals surface area (Å²) in [4.78, 5) is 0. The number of nitrogens with zero attached hydrogens (tertiary/aromatic N) is 3. The second-order valence-electron chi connectivity index (χ2n) is 2.09. The Hall–Kier alpha value is -0.940. The van der Waals surface area contributed by atoms with Crippen molar-refractivity contribution in [2.45, 2.75) is 6.04 Å². The third kappa shape index (κ3) is 1.14. The van der Waals surface area contributed by atoms with Gasteiger partial charge in [0.2, 0.25) is 0 Å². The van der Waals surface area contributed by atoms with Crippen molar-refractivity contribution in [1.82, 2.24) is 14.8 Å². The first-order chi connectivity index (χ1) is 4.75. The van der Waals surface area contributed by atoms with Crippen LogP contribution < -0.4 is 5.73 Å². The van der Waals surface area contributed by atoms with E-state index in [1.165, 1.54) is 0 Å². The monoisotopic (exact) mass is 142 g/mol. The van der Waals surface area contributed by atoms with Crippen LogP contribution in [0.5, 0.6) is 0 Å². The Morgan fingerprint density at radius 3 is 3.00 bits per heavy atom. The Balaban J connectivity index is 2.82. The molecule has 0 aromatic carbocycles. The molecule has 1 aromatic rings. The first-order valence-electron chi connectivity index (χ1n) is 2.96. The summed E-state index contributed by atoms with van der Waals surface area (Å²) < 4.78 is 1.68. The highest BCUT2D eigenvalue weighted by atomic mass is 16.3. The van der Waals surface area contributed by atoms with E-state index in [2.05, 4.69) is 10.2 Å². The molecule has 5 heteroatoms. The van der Waals surface area contributed by atoms with Gasteiger partial charge in [0.1, 0.15) is 6.33 Å². The van der Waals surface area contributed by atoms with Gasteiger partial charge in [0.05, 0.1) is 12.6 Å². The zero-order valence-corrected chi connectivity index (χ0v) is 5.73. The molecule has 0 bridgehead atoms. The van der Waals surface area contributed by atoms with Crippen molar-refractivity contribution in [3.8, 4) is 0 Å². The molecule has 5 nitrogen and oxygen atoms in total. The zero-order chi connectivity index (χ0) is 7.56. The number of aromatic nitrogens is 3. The lowest BCUT2D eigenvalue weighted by atomic mass is 10.3. The smallest absolute Gasteiger partial charge is 0.151 e. The molecule has 10 heavy (non-hydrogen) atoms. The topological polar surface area (TPSA) is 77.0 Å². The number of aliphatic hydroxyl groups is 1. The molecule has 0 saturated heterocycles. The predicted molar refractivity (Wildman–Crippen MR) is 35.0 cm³/mol. The highest BCUT2D eigenvalue weighted by Crippen LogP contribution is 2.01. The molecule has 0 unspecified atom stereocenters. The fraction of sp³-hybridized carbons (Fsp3) is 0.600. The lowest BCUT2D eigenvalue weighted by Gasteiger charge is -2.04. The van der Waals surface area contributed by atoms with E-state index < -0.39 is 6.04 Å². The van der Waals surface area contributed by atoms with Gasteiger partial charge in [-0.2, -0.15) is 0 Å². The SMILES string of the molecule is Cn1cnnc1[C@@H](N)CO. The van der Waals surface area contributed by atoms with Crippen LogP contribution in [0.25, 0.3) is 0 Å². The summed E-state index contributed by atoms with van der Waals surface area (Å²) in [6.45, 7) is -0.105. The Labute approximate surface area is 58.5 Å². The average Bonchev–Trinajstić information content (AvgIpc) is 2.34. The number of aliphatic hydroxyl groups excluding tert-OH is 1. The van der Waals surface area contributed by atoms with E-state index in [0.717, 1.165) is 0 Å². The highest BCUT2D eigenvalue weighted by Gasteiger charge is 2.08. The lowest BCUT2D eigenvalue weighted by Crippen LogP contribution is -2.18. The van der Waals surface area contributed by atoms with Crippen molar-refractivity contribution in [2.75, 3.05) is 6.61 Å². The minimum atomic E-state index is -0.424. The van der Waals surface area contributed by atoms with E-state index in [1.807, 2.05) is 0 Å². The minimum absolute atomic E-state index is 0.105. The molecule has 0 fully saturated rings. The molecule has 1 atom stereocenters. The second-order valence-corrected chi connectivity index (χ2v) is 2.09. The van der Waals surface area contributed by atoms with E-state index in [1.54, 1.807) is 17.9 Å². The summed E-state index contributed by atoms with van der Waals surface area (Å²) in [6, 6.07) is -0.424. The predicted octanol–water partition coefficient (Wildman–Crippen LogP) is -1.19. The maximum absolute atomic E-state index is 8.62. The van der Waals surface area contributed by atoms with Crippen LogP contribution in [-0.4, -0.2) is 26.5 Å². The quantitative estimate of drug-likeness (QED) is 0.544. The molecule has 0 radical (unpaired) electrons. The zero-order valence-electron chi connectivity index (χ0n) is 5.73. The molecule has 56 valence electrons. The summed E-state index contributed by atoms with van der Waals surface area (Å²) in [5.41, 5.74) is 5.47. The van der Waals surface area contributed by atoms with Crippen molar-refractivity contribution in [2.24, 2.45) is 12.8 Å². The molecular formula is C5H10N4O. The van der Waals surface area contributed by atoms with Crippen molar-refractivity contribution >= 4 is 0 Å². The van der Waals surface area contributed by atoms with Gasteiger partial charge in [-0.05, 0) is 0 Å². The molecule has 0 aliphatic rings. The van der Waals surface area contributed by atoms with Crippen LogP contribution in [0, 0.1) is 0 Å². The maximum Gasteiger partial charge on any atom is 0.151 e. The number of nitrogens with two attached hydrogens (primary N) is 1. The van der Waals surface area contributed by atoms with Crippen LogP contribution in [0.4, 0.5) is 0 Å². The van der Waals surface area contributed by atoms with Crippen molar-refractivity contribution in [3.05, 3.63) is 12.2 Å². The standard InChI is InChI=1S/C5H10N4O/c1-9-3-7-8-5(9)4(6)2-10/h3-4,10H,2,6H2,1H3/t4-/m0/s1. The van der Waals surface area contributed by atoms with Crippen molar-refractivity contribution in [3.63, 3.8) is 0 Å². The van der Waals surface area contributed by atoms with Gasteiger partial charge in [-0.25, -0.2) is 0 Å². The normalized spacial score (nSPS) is 13.5. The molecular weight excluding hydrogens is 132 g/mol. The largest absolute Gasteiger partial charge is 0.394 e. The average molecular weight is 142 g/mol. The molecule has 1 heterocycles. The summed E-state index contributed by atoms with van der Waals surface area (Å²) in [6.07, 6.45) is 1.55. The first-order valence-corrected chi connectivity index (χ1v) is 2.96. The van der Waals surface area contributed by atoms with Gasteiger partial charge in [0, 0.05) is 7.05 Å². The molecule has 0 aliphatic heterocycles. The van der Waals surface area contributed by atoms with E-state index in [9.17, 15) is 0 Å². The van der Waals surface area contributed by atoms with Gasteiger partial charge in [-0.3, -0.25) is 0 Å². The third-order valence-electron chi connectivity index (χ3n) is 1.27. The van der Waals surface area contributed by atoms with Crippen LogP contribution >= 0.6 is 0 Å². The Bertz CT molecular complexity index is 209. The number of rotatable bonds is 2. The minimum Gasteiger partial charge on any atom is -0.394 e. The lowest BCUT2D eigenvalue weighted by molar-refractivity contribution is 0.261. The van der Waals surface area contributed by atoms with Crippen LogP contribution in [-0.2, 0) is 7.05 Å². The van der Waals surface area contributed by atoms with Gasteiger partial charge in [0.25, 0.3) is 0 Å².